The number of rotatable bonds is 4. The average Bonchev–Trinajstić information content (AvgIpc) is 2.99. The van der Waals surface area contributed by atoms with Gasteiger partial charge in [0.15, 0.2) is 11.0 Å². The monoisotopic (exact) mass is 336 g/mol. The van der Waals surface area contributed by atoms with Crippen molar-refractivity contribution >= 4 is 23.4 Å². The highest BCUT2D eigenvalue weighted by molar-refractivity contribution is 7.98. The molecule has 0 saturated carbocycles. The Kier molecular flexibility index (Phi) is 5.06. The molecule has 2 heterocycles. The minimum absolute atomic E-state index is 0.268. The van der Waals surface area contributed by atoms with Crippen LogP contribution in [0.5, 0.6) is 0 Å². The smallest absolute Gasteiger partial charge is 0.195 e. The van der Waals surface area contributed by atoms with E-state index in [0.29, 0.717) is 0 Å². The summed E-state index contributed by atoms with van der Waals surface area (Å²) in [5.41, 5.74) is 1.07. The van der Waals surface area contributed by atoms with Crippen LogP contribution < -0.4 is 0 Å². The molecule has 0 aliphatic carbocycles. The zero-order valence-electron chi connectivity index (χ0n) is 13.0. The molecule has 1 saturated heterocycles. The molecule has 3 rings (SSSR count). The van der Waals surface area contributed by atoms with Crippen LogP contribution in [0, 0.1) is 0 Å². The molecular formula is C16H21ClN4S. The molecule has 2 aromatic rings. The van der Waals surface area contributed by atoms with Gasteiger partial charge in [0, 0.05) is 10.7 Å². The fourth-order valence-corrected chi connectivity index (χ4v) is 3.62. The zero-order valence-corrected chi connectivity index (χ0v) is 14.6. The number of aromatic nitrogens is 3. The first-order valence-electron chi connectivity index (χ1n) is 7.70. The van der Waals surface area contributed by atoms with E-state index in [1.54, 1.807) is 11.8 Å². The van der Waals surface area contributed by atoms with Gasteiger partial charge in [-0.05, 0) is 63.4 Å². The van der Waals surface area contributed by atoms with E-state index >= 15 is 0 Å². The Bertz CT molecular complexity index is 620. The van der Waals surface area contributed by atoms with Crippen molar-refractivity contribution in [3.8, 4) is 5.69 Å². The zero-order chi connectivity index (χ0) is 15.5. The minimum Gasteiger partial charge on any atom is -0.294 e. The fraction of sp³-hybridized carbons (Fsp3) is 0.500. The van der Waals surface area contributed by atoms with E-state index in [0.717, 1.165) is 34.8 Å². The standard InChI is InChI=1S/C16H21ClN4S/c1-12(20-10-4-3-5-11-20)15-18-19-16(22-2)21(15)14-8-6-13(17)7-9-14/h6-9,12H,3-5,10-11H2,1-2H3/t12-/m1/s1. The predicted molar refractivity (Wildman–Crippen MR) is 92.0 cm³/mol. The summed E-state index contributed by atoms with van der Waals surface area (Å²) in [5, 5.41) is 10.5. The van der Waals surface area contributed by atoms with Gasteiger partial charge >= 0.3 is 0 Å². The van der Waals surface area contributed by atoms with Gasteiger partial charge in [0.2, 0.25) is 0 Å². The van der Waals surface area contributed by atoms with Crippen molar-refractivity contribution in [1.82, 2.24) is 19.7 Å². The molecule has 1 aromatic heterocycles. The molecule has 0 spiro atoms. The summed E-state index contributed by atoms with van der Waals surface area (Å²) in [6.07, 6.45) is 5.92. The SMILES string of the molecule is CSc1nnc([C@@H](C)N2CCCCC2)n1-c1ccc(Cl)cc1. The molecule has 0 unspecified atom stereocenters. The van der Waals surface area contributed by atoms with Crippen molar-refractivity contribution in [2.24, 2.45) is 0 Å². The molecule has 0 radical (unpaired) electrons. The predicted octanol–water partition coefficient (Wildman–Crippen LogP) is 4.19. The van der Waals surface area contributed by atoms with Gasteiger partial charge in [-0.3, -0.25) is 9.47 Å². The number of piperidine rings is 1. The van der Waals surface area contributed by atoms with Gasteiger partial charge in [0.25, 0.3) is 0 Å². The highest BCUT2D eigenvalue weighted by Crippen LogP contribution is 2.28. The first-order chi connectivity index (χ1) is 10.7. The van der Waals surface area contributed by atoms with Crippen molar-refractivity contribution in [3.63, 3.8) is 0 Å². The molecule has 118 valence electrons. The van der Waals surface area contributed by atoms with E-state index in [2.05, 4.69) is 26.6 Å². The van der Waals surface area contributed by atoms with Crippen LogP contribution in [0.1, 0.15) is 38.1 Å². The van der Waals surface area contributed by atoms with Crippen molar-refractivity contribution in [2.75, 3.05) is 19.3 Å². The lowest BCUT2D eigenvalue weighted by atomic mass is 10.1. The first kappa shape index (κ1) is 15.8. The maximum Gasteiger partial charge on any atom is 0.195 e. The minimum atomic E-state index is 0.268. The third kappa shape index (κ3) is 3.16. The molecule has 22 heavy (non-hydrogen) atoms. The van der Waals surface area contributed by atoms with Crippen molar-refractivity contribution < 1.29 is 0 Å². The number of hydrogen-bond acceptors (Lipinski definition) is 4. The average molecular weight is 337 g/mol. The molecule has 0 bridgehead atoms. The Hall–Kier alpha value is -1.04. The number of halogens is 1. The molecule has 1 atom stereocenters. The van der Waals surface area contributed by atoms with E-state index in [-0.39, 0.29) is 6.04 Å². The van der Waals surface area contributed by atoms with Gasteiger partial charge in [-0.2, -0.15) is 0 Å². The normalized spacial score (nSPS) is 17.6. The Morgan fingerprint density at radius 2 is 1.77 bits per heavy atom. The fourth-order valence-electron chi connectivity index (χ4n) is 2.99. The van der Waals surface area contributed by atoms with Crippen LogP contribution in [0.15, 0.2) is 29.4 Å². The lowest BCUT2D eigenvalue weighted by molar-refractivity contribution is 0.167. The van der Waals surface area contributed by atoms with Crippen molar-refractivity contribution in [2.45, 2.75) is 37.4 Å². The number of benzene rings is 1. The molecule has 1 aromatic carbocycles. The van der Waals surface area contributed by atoms with Crippen molar-refractivity contribution in [3.05, 3.63) is 35.1 Å². The topological polar surface area (TPSA) is 34.0 Å². The Labute approximate surface area is 140 Å². The molecular weight excluding hydrogens is 316 g/mol. The number of likely N-dealkylation sites (tertiary alicyclic amines) is 1. The van der Waals surface area contributed by atoms with Crippen LogP contribution in [0.2, 0.25) is 5.02 Å². The second-order valence-electron chi connectivity index (χ2n) is 5.63. The maximum absolute atomic E-state index is 6.02. The highest BCUT2D eigenvalue weighted by atomic mass is 35.5. The second-order valence-corrected chi connectivity index (χ2v) is 6.84. The van der Waals surface area contributed by atoms with Gasteiger partial charge in [0.05, 0.1) is 6.04 Å². The van der Waals surface area contributed by atoms with E-state index < -0.39 is 0 Å². The first-order valence-corrected chi connectivity index (χ1v) is 9.30. The summed E-state index contributed by atoms with van der Waals surface area (Å²) in [4.78, 5) is 2.50. The largest absolute Gasteiger partial charge is 0.294 e. The summed E-state index contributed by atoms with van der Waals surface area (Å²) in [5.74, 6) is 1.01. The molecule has 1 aliphatic heterocycles. The number of hydrogen-bond donors (Lipinski definition) is 0. The van der Waals surface area contributed by atoms with E-state index in [9.17, 15) is 0 Å². The summed E-state index contributed by atoms with van der Waals surface area (Å²) in [6, 6.07) is 8.15. The van der Waals surface area contributed by atoms with Crippen LogP contribution in [0.4, 0.5) is 0 Å². The van der Waals surface area contributed by atoms with Gasteiger partial charge in [0.1, 0.15) is 0 Å². The lowest BCUT2D eigenvalue weighted by Crippen LogP contribution is -2.33. The van der Waals surface area contributed by atoms with Crippen LogP contribution in [-0.4, -0.2) is 39.0 Å². The molecule has 1 fully saturated rings. The second kappa shape index (κ2) is 7.02. The van der Waals surface area contributed by atoms with Crippen LogP contribution in [0.25, 0.3) is 5.69 Å². The third-order valence-corrected chi connectivity index (χ3v) is 5.12. The summed E-state index contributed by atoms with van der Waals surface area (Å²) in [7, 11) is 0. The van der Waals surface area contributed by atoms with Crippen LogP contribution in [0.3, 0.4) is 0 Å². The molecule has 6 heteroatoms. The van der Waals surface area contributed by atoms with E-state index in [1.807, 2.05) is 30.5 Å². The molecule has 4 nitrogen and oxygen atoms in total. The van der Waals surface area contributed by atoms with E-state index in [4.69, 9.17) is 11.6 Å². The van der Waals surface area contributed by atoms with Crippen molar-refractivity contribution in [1.29, 1.82) is 0 Å². The quantitative estimate of drug-likeness (QED) is 0.784. The van der Waals surface area contributed by atoms with Gasteiger partial charge in [-0.1, -0.05) is 29.8 Å². The molecule has 0 N–H and O–H groups in total. The van der Waals surface area contributed by atoms with Gasteiger partial charge < -0.3 is 0 Å². The maximum atomic E-state index is 6.02. The van der Waals surface area contributed by atoms with Crippen LogP contribution >= 0.6 is 23.4 Å². The number of thioether (sulfide) groups is 1. The number of nitrogens with zero attached hydrogens (tertiary/aromatic N) is 4. The molecule has 1 aliphatic rings. The van der Waals surface area contributed by atoms with Gasteiger partial charge in [-0.15, -0.1) is 10.2 Å². The Morgan fingerprint density at radius 1 is 1.09 bits per heavy atom. The van der Waals surface area contributed by atoms with Gasteiger partial charge in [-0.25, -0.2) is 0 Å². The molecule has 0 amide bonds. The highest BCUT2D eigenvalue weighted by Gasteiger charge is 2.25. The Morgan fingerprint density at radius 3 is 2.41 bits per heavy atom. The summed E-state index contributed by atoms with van der Waals surface area (Å²) in [6.45, 7) is 4.51. The van der Waals surface area contributed by atoms with Crippen LogP contribution in [-0.2, 0) is 0 Å². The lowest BCUT2D eigenvalue weighted by Gasteiger charge is -2.31. The van der Waals surface area contributed by atoms with E-state index in [1.165, 1.54) is 19.3 Å². The summed E-state index contributed by atoms with van der Waals surface area (Å²) >= 11 is 7.63. The third-order valence-electron chi connectivity index (χ3n) is 4.24. The summed E-state index contributed by atoms with van der Waals surface area (Å²) < 4.78 is 2.15. The Balaban J connectivity index is 1.97.